The van der Waals surface area contributed by atoms with E-state index < -0.39 is 41.2 Å². The van der Waals surface area contributed by atoms with Crippen LogP contribution < -0.4 is 31.6 Å². The minimum Gasteiger partial charge on any atom is -0.405 e. The second-order valence-corrected chi connectivity index (χ2v) is 27.8. The first-order valence-corrected chi connectivity index (χ1v) is 26.2. The van der Waals surface area contributed by atoms with Crippen molar-refractivity contribution in [1.29, 1.82) is 0 Å². The highest BCUT2D eigenvalue weighted by Gasteiger charge is 2.58. The van der Waals surface area contributed by atoms with Crippen molar-refractivity contribution in [2.24, 2.45) is 5.92 Å². The second kappa shape index (κ2) is 19.8. The lowest BCUT2D eigenvalue weighted by Crippen LogP contribution is -2.70. The average molecular weight is 903 g/mol. The first-order valence-electron chi connectivity index (χ1n) is 22.4. The van der Waals surface area contributed by atoms with Gasteiger partial charge in [-0.1, -0.05) is 177 Å². The van der Waals surface area contributed by atoms with Crippen LogP contribution in [0.15, 0.2) is 132 Å². The monoisotopic (exact) mass is 902 g/mol. The van der Waals surface area contributed by atoms with Crippen LogP contribution in [-0.4, -0.2) is 100.0 Å². The lowest BCUT2D eigenvalue weighted by atomic mass is 10.1. The molecule has 1 aliphatic heterocycles. The fourth-order valence-electron chi connectivity index (χ4n) is 9.15. The summed E-state index contributed by atoms with van der Waals surface area (Å²) < 4.78 is 32.0. The van der Waals surface area contributed by atoms with Crippen LogP contribution in [0.4, 0.5) is 5.95 Å². The lowest BCUT2D eigenvalue weighted by Gasteiger charge is -2.46. The molecule has 12 nitrogen and oxygen atoms in total. The second-order valence-electron chi connectivity index (χ2n) is 19.3. The molecule has 0 bridgehead atoms. The van der Waals surface area contributed by atoms with Gasteiger partial charge >= 0.3 is 0 Å². The molecule has 0 aliphatic carbocycles. The maximum Gasteiger partial charge on any atom is 0.280 e. The number of hydrogen-bond donors (Lipinski definition) is 2. The molecule has 7 rings (SSSR count). The Balaban J connectivity index is 1.43. The van der Waals surface area contributed by atoms with Crippen LogP contribution in [0, 0.1) is 5.92 Å². The van der Waals surface area contributed by atoms with Crippen molar-refractivity contribution in [3.05, 3.63) is 138 Å². The summed E-state index contributed by atoms with van der Waals surface area (Å²) in [7, 11) is -2.64. The van der Waals surface area contributed by atoms with E-state index in [1.54, 1.807) is 11.4 Å². The summed E-state index contributed by atoms with van der Waals surface area (Å²) in [6.07, 6.45) is -1.28. The van der Waals surface area contributed by atoms with Gasteiger partial charge in [0.15, 0.2) is 17.4 Å². The molecule has 1 aliphatic rings. The topological polar surface area (TPSA) is 125 Å². The molecule has 0 saturated carbocycles. The summed E-state index contributed by atoms with van der Waals surface area (Å²) in [5.41, 5.74) is 0.220. The van der Waals surface area contributed by atoms with Crippen molar-refractivity contribution >= 4 is 54.5 Å². The Morgan fingerprint density at radius 3 is 1.72 bits per heavy atom. The third-order valence-corrected chi connectivity index (χ3v) is 22.1. The molecule has 3 heterocycles. The molecule has 6 aromatic rings. The molecule has 4 aromatic carbocycles. The number of ether oxygens (including phenoxy) is 2. The number of hydrogen-bond acceptors (Lipinski definition) is 10. The van der Waals surface area contributed by atoms with Crippen LogP contribution >= 0.6 is 0 Å². The number of fused-ring (bicyclic) bond motifs is 1. The Morgan fingerprint density at radius 1 is 0.750 bits per heavy atom. The van der Waals surface area contributed by atoms with E-state index in [0.717, 1.165) is 20.7 Å². The van der Waals surface area contributed by atoms with Gasteiger partial charge in [-0.05, 0) is 36.7 Å². The summed E-state index contributed by atoms with van der Waals surface area (Å²) in [6, 6.07) is 42.5. The molecule has 1 fully saturated rings. The van der Waals surface area contributed by atoms with E-state index in [2.05, 4.69) is 180 Å². The zero-order valence-corrected chi connectivity index (χ0v) is 41.1. The minimum absolute atomic E-state index is 0.183. The number of nitrogens with zero attached hydrogens (tertiary/aromatic N) is 4. The summed E-state index contributed by atoms with van der Waals surface area (Å²) in [6.45, 7) is 19.2. The van der Waals surface area contributed by atoms with E-state index >= 15 is 0 Å². The lowest BCUT2D eigenvalue weighted by molar-refractivity contribution is -0.150. The maximum absolute atomic E-state index is 13.6. The van der Waals surface area contributed by atoms with Gasteiger partial charge in [0.2, 0.25) is 5.95 Å². The zero-order valence-electron chi connectivity index (χ0n) is 39.1. The molecule has 0 radical (unpaired) electrons. The van der Waals surface area contributed by atoms with Crippen molar-refractivity contribution in [3.8, 4) is 0 Å². The highest BCUT2D eigenvalue weighted by Crippen LogP contribution is 2.44. The number of nitrogens with one attached hydrogen (secondary N) is 2. The summed E-state index contributed by atoms with van der Waals surface area (Å²) in [5.74, 6) is 0.677. The minimum atomic E-state index is -3.26. The number of rotatable bonds is 18. The molecular formula is C50H66N6O6Si2. The first kappa shape index (κ1) is 47.2. The van der Waals surface area contributed by atoms with Crippen LogP contribution in [0.5, 0.6) is 0 Å². The number of hydroxylamine groups is 2. The SMILES string of the molecule is CC(C)CNc1nc2c(ncn2[C@@H]2O[C@H](CO[Si](c3ccccc3)(c3ccccc3)C(C)(C)C)[C@@H](O[Si](c3ccccc3)(c3ccccc3)C(C)(C)C)[C@H]2OCCON(C)C)c(=O)[nH]1. The normalized spacial score (nSPS) is 18.6. The van der Waals surface area contributed by atoms with Crippen molar-refractivity contribution in [3.63, 3.8) is 0 Å². The van der Waals surface area contributed by atoms with Crippen molar-refractivity contribution in [1.82, 2.24) is 24.6 Å². The number of imidazole rings is 1. The highest BCUT2D eigenvalue weighted by atomic mass is 28.4. The van der Waals surface area contributed by atoms with Gasteiger partial charge in [-0.25, -0.2) is 4.98 Å². The van der Waals surface area contributed by atoms with Crippen molar-refractivity contribution < 1.29 is 23.2 Å². The van der Waals surface area contributed by atoms with E-state index in [0.29, 0.717) is 24.1 Å². The van der Waals surface area contributed by atoms with Gasteiger partial charge in [-0.3, -0.25) is 19.2 Å². The number of H-pyrrole nitrogens is 1. The third kappa shape index (κ3) is 9.61. The smallest absolute Gasteiger partial charge is 0.280 e. The predicted molar refractivity (Wildman–Crippen MR) is 261 cm³/mol. The predicted octanol–water partition coefficient (Wildman–Crippen LogP) is 6.49. The first-order chi connectivity index (χ1) is 30.6. The molecule has 340 valence electrons. The summed E-state index contributed by atoms with van der Waals surface area (Å²) in [5, 5.41) is 8.86. The fraction of sp³-hybridized carbons (Fsp3) is 0.420. The molecule has 0 spiro atoms. The molecule has 2 aromatic heterocycles. The van der Waals surface area contributed by atoms with Crippen LogP contribution in [0.3, 0.4) is 0 Å². The molecule has 4 atom stereocenters. The van der Waals surface area contributed by atoms with Crippen molar-refractivity contribution in [2.45, 2.75) is 90.0 Å². The van der Waals surface area contributed by atoms with Gasteiger partial charge in [-0.15, -0.1) is 0 Å². The summed E-state index contributed by atoms with van der Waals surface area (Å²) >= 11 is 0. The van der Waals surface area contributed by atoms with Gasteiger partial charge in [0, 0.05) is 20.6 Å². The number of aromatic amines is 1. The number of anilines is 1. The Kier molecular flexibility index (Phi) is 14.6. The number of benzene rings is 4. The van der Waals surface area contributed by atoms with E-state index in [9.17, 15) is 4.79 Å². The van der Waals surface area contributed by atoms with Crippen molar-refractivity contribution in [2.75, 3.05) is 45.8 Å². The molecule has 0 amide bonds. The molecule has 14 heteroatoms. The van der Waals surface area contributed by atoms with E-state index in [1.165, 1.54) is 0 Å². The third-order valence-electron chi connectivity index (χ3n) is 12.0. The average Bonchev–Trinajstić information content (AvgIpc) is 3.85. The molecular weight excluding hydrogens is 837 g/mol. The standard InChI is InChI=1S/C50H66N6O6Si2/c1-36(2)33-51-48-53-45-42(46(57)54-48)52-35-56(45)47-44(58-31-32-59-55(9)10)43(62-64(50(6,7)8,39-27-19-13-20-28-39)40-29-21-14-22-30-40)41(61-47)34-60-63(49(3,4)5,37-23-15-11-16-24-37)38-25-17-12-18-26-38/h11-30,35-36,41,43-44,47H,31-34H2,1-10H3,(H2,51,53,54,57)/t41-,43-,44-,47-/m1/s1. The van der Waals surface area contributed by atoms with Crippen LogP contribution in [0.1, 0.15) is 61.6 Å². The van der Waals surface area contributed by atoms with E-state index in [-0.39, 0.29) is 41.0 Å². The Hall–Kier alpha value is -4.78. The van der Waals surface area contributed by atoms with Crippen LogP contribution in [0.25, 0.3) is 11.2 Å². The highest BCUT2D eigenvalue weighted by molar-refractivity contribution is 7.00. The van der Waals surface area contributed by atoms with E-state index in [4.69, 9.17) is 28.1 Å². The van der Waals surface area contributed by atoms with Gasteiger partial charge < -0.3 is 23.6 Å². The molecule has 0 unspecified atom stereocenters. The van der Waals surface area contributed by atoms with Gasteiger partial charge in [0.05, 0.1) is 26.1 Å². The van der Waals surface area contributed by atoms with Gasteiger partial charge in [-0.2, -0.15) is 10.0 Å². The zero-order chi connectivity index (χ0) is 45.7. The number of aromatic nitrogens is 4. The van der Waals surface area contributed by atoms with Gasteiger partial charge in [0.25, 0.3) is 22.2 Å². The fourth-order valence-corrected chi connectivity index (χ4v) is 18.4. The summed E-state index contributed by atoms with van der Waals surface area (Å²) in [4.78, 5) is 31.9. The molecule has 64 heavy (non-hydrogen) atoms. The quantitative estimate of drug-likeness (QED) is 0.0563. The maximum atomic E-state index is 13.6. The molecule has 1 saturated heterocycles. The van der Waals surface area contributed by atoms with Crippen LogP contribution in [-0.2, 0) is 23.2 Å². The largest absolute Gasteiger partial charge is 0.405 e. The Morgan fingerprint density at radius 2 is 1.25 bits per heavy atom. The Bertz CT molecular complexity index is 2380. The molecule has 2 N–H and O–H groups in total. The van der Waals surface area contributed by atoms with Gasteiger partial charge in [0.1, 0.15) is 18.3 Å². The van der Waals surface area contributed by atoms with E-state index in [1.807, 2.05) is 30.8 Å². The Labute approximate surface area is 380 Å². The van der Waals surface area contributed by atoms with Crippen LogP contribution in [0.2, 0.25) is 10.1 Å².